The maximum atomic E-state index is 12.0. The highest BCUT2D eigenvalue weighted by atomic mass is 32.2. The maximum absolute atomic E-state index is 12.0. The third-order valence-electron chi connectivity index (χ3n) is 3.47. The van der Waals surface area contributed by atoms with Crippen molar-refractivity contribution < 1.29 is 8.95 Å². The molecule has 0 saturated carbocycles. The molecule has 0 aliphatic carbocycles. The zero-order chi connectivity index (χ0) is 11.7. The molecule has 3 nitrogen and oxygen atoms in total. The summed E-state index contributed by atoms with van der Waals surface area (Å²) in [6, 6.07) is 8.10. The molecule has 1 fully saturated rings. The molecular formula is C13H17NO2S. The van der Waals surface area contributed by atoms with Crippen LogP contribution in [0.2, 0.25) is 0 Å². The minimum Gasteiger partial charge on any atom is -0.493 e. The molecule has 92 valence electrons. The van der Waals surface area contributed by atoms with Gasteiger partial charge in [-0.25, -0.2) is 0 Å². The van der Waals surface area contributed by atoms with Crippen LogP contribution < -0.4 is 10.1 Å². The van der Waals surface area contributed by atoms with Crippen molar-refractivity contribution in [3.05, 3.63) is 29.8 Å². The number of hydrogen-bond donors (Lipinski definition) is 1. The number of ether oxygens (including phenoxy) is 1. The van der Waals surface area contributed by atoms with Crippen LogP contribution in [-0.2, 0) is 10.8 Å². The summed E-state index contributed by atoms with van der Waals surface area (Å²) in [6.07, 6.45) is 0. The first kappa shape index (κ1) is 11.2. The average molecular weight is 251 g/mol. The molecule has 0 aromatic heterocycles. The third-order valence-corrected chi connectivity index (χ3v) is 5.09. The lowest BCUT2D eigenvalue weighted by atomic mass is 10.0. The van der Waals surface area contributed by atoms with E-state index in [4.69, 9.17) is 4.74 Å². The normalized spacial score (nSPS) is 24.8. The molecule has 1 aromatic carbocycles. The van der Waals surface area contributed by atoms with Gasteiger partial charge in [0.2, 0.25) is 0 Å². The molecule has 2 unspecified atom stereocenters. The van der Waals surface area contributed by atoms with Gasteiger partial charge in [0.25, 0.3) is 0 Å². The van der Waals surface area contributed by atoms with E-state index in [1.807, 2.05) is 18.2 Å². The largest absolute Gasteiger partial charge is 0.493 e. The summed E-state index contributed by atoms with van der Waals surface area (Å²) in [5.41, 5.74) is 1.23. The molecule has 0 amide bonds. The smallest absolute Gasteiger partial charge is 0.122 e. The second kappa shape index (κ2) is 4.78. The second-order valence-corrected chi connectivity index (χ2v) is 6.39. The minimum absolute atomic E-state index is 0.320. The van der Waals surface area contributed by atoms with Crippen LogP contribution >= 0.6 is 0 Å². The molecule has 0 bridgehead atoms. The lowest BCUT2D eigenvalue weighted by Gasteiger charge is -2.26. The van der Waals surface area contributed by atoms with E-state index in [9.17, 15) is 4.21 Å². The van der Waals surface area contributed by atoms with Gasteiger partial charge in [0.15, 0.2) is 0 Å². The van der Waals surface area contributed by atoms with Gasteiger partial charge in [-0.15, -0.1) is 0 Å². The van der Waals surface area contributed by atoms with E-state index < -0.39 is 10.8 Å². The highest BCUT2D eigenvalue weighted by Gasteiger charge is 2.27. The molecular weight excluding hydrogens is 234 g/mol. The molecule has 1 N–H and O–H groups in total. The van der Waals surface area contributed by atoms with E-state index >= 15 is 0 Å². The van der Waals surface area contributed by atoms with Crippen LogP contribution in [-0.4, -0.2) is 35.4 Å². The molecule has 1 saturated heterocycles. The highest BCUT2D eigenvalue weighted by molar-refractivity contribution is 7.85. The Hall–Kier alpha value is -0.870. The molecule has 1 aromatic rings. The Labute approximate surface area is 104 Å². The summed E-state index contributed by atoms with van der Waals surface area (Å²) in [7, 11) is -0.716. The Morgan fingerprint density at radius 2 is 2.12 bits per heavy atom. The first-order chi connectivity index (χ1) is 8.33. The van der Waals surface area contributed by atoms with Crippen LogP contribution in [0.5, 0.6) is 5.75 Å². The van der Waals surface area contributed by atoms with Gasteiger partial charge in [-0.1, -0.05) is 18.2 Å². The van der Waals surface area contributed by atoms with Gasteiger partial charge in [0, 0.05) is 46.9 Å². The summed E-state index contributed by atoms with van der Waals surface area (Å²) in [4.78, 5) is 0. The van der Waals surface area contributed by atoms with E-state index in [0.717, 1.165) is 30.3 Å². The van der Waals surface area contributed by atoms with Crippen molar-refractivity contribution in [1.82, 2.24) is 5.32 Å². The second-order valence-electron chi connectivity index (χ2n) is 4.84. The van der Waals surface area contributed by atoms with Gasteiger partial charge in [0.1, 0.15) is 5.75 Å². The fraction of sp³-hybridized carbons (Fsp3) is 0.538. The minimum atomic E-state index is -0.716. The number of rotatable bonds is 4. The Bertz CT molecular complexity index is 431. The van der Waals surface area contributed by atoms with Crippen LogP contribution in [0.3, 0.4) is 0 Å². The number of fused-ring (bicyclic) bond motifs is 1. The van der Waals surface area contributed by atoms with Crippen molar-refractivity contribution in [3.8, 4) is 5.75 Å². The number of hydrogen-bond acceptors (Lipinski definition) is 3. The standard InChI is InChI=1S/C13H17NO2S/c15-17(8-10-5-14-6-10)9-11-7-16-13-4-2-1-3-12(11)13/h1-4,10-11,14H,5-9H2. The maximum Gasteiger partial charge on any atom is 0.122 e. The van der Waals surface area contributed by atoms with E-state index in [1.54, 1.807) is 0 Å². The first-order valence-corrected chi connectivity index (χ1v) is 7.59. The molecule has 2 atom stereocenters. The van der Waals surface area contributed by atoms with Crippen molar-refractivity contribution in [2.75, 3.05) is 31.2 Å². The number of benzene rings is 1. The number of para-hydroxylation sites is 1. The quantitative estimate of drug-likeness (QED) is 0.872. The Morgan fingerprint density at radius 1 is 1.29 bits per heavy atom. The van der Waals surface area contributed by atoms with Crippen LogP contribution in [0.1, 0.15) is 11.5 Å². The van der Waals surface area contributed by atoms with Crippen molar-refractivity contribution in [3.63, 3.8) is 0 Å². The molecule has 3 rings (SSSR count). The van der Waals surface area contributed by atoms with Gasteiger partial charge < -0.3 is 10.1 Å². The van der Waals surface area contributed by atoms with Crippen molar-refractivity contribution in [1.29, 1.82) is 0 Å². The van der Waals surface area contributed by atoms with Gasteiger partial charge in [-0.3, -0.25) is 4.21 Å². The Morgan fingerprint density at radius 3 is 2.88 bits per heavy atom. The summed E-state index contributed by atoms with van der Waals surface area (Å²) >= 11 is 0. The molecule has 2 aliphatic heterocycles. The molecule has 2 heterocycles. The van der Waals surface area contributed by atoms with Crippen molar-refractivity contribution in [2.45, 2.75) is 5.92 Å². The van der Waals surface area contributed by atoms with Gasteiger partial charge >= 0.3 is 0 Å². The summed E-state index contributed by atoms with van der Waals surface area (Å²) in [6.45, 7) is 2.75. The van der Waals surface area contributed by atoms with Gasteiger partial charge in [0.05, 0.1) is 6.61 Å². The monoisotopic (exact) mass is 251 g/mol. The van der Waals surface area contributed by atoms with Crippen LogP contribution in [0, 0.1) is 5.92 Å². The lowest BCUT2D eigenvalue weighted by molar-refractivity contribution is 0.338. The average Bonchev–Trinajstić information content (AvgIpc) is 2.68. The summed E-state index contributed by atoms with van der Waals surface area (Å²) in [5, 5.41) is 3.22. The van der Waals surface area contributed by atoms with Crippen LogP contribution in [0.25, 0.3) is 0 Å². The van der Waals surface area contributed by atoms with Crippen LogP contribution in [0.4, 0.5) is 0 Å². The van der Waals surface area contributed by atoms with E-state index in [-0.39, 0.29) is 0 Å². The molecule has 17 heavy (non-hydrogen) atoms. The fourth-order valence-electron chi connectivity index (χ4n) is 2.39. The molecule has 4 heteroatoms. The van der Waals surface area contributed by atoms with Crippen molar-refractivity contribution in [2.24, 2.45) is 5.92 Å². The zero-order valence-electron chi connectivity index (χ0n) is 9.72. The zero-order valence-corrected chi connectivity index (χ0v) is 10.5. The molecule has 0 spiro atoms. The third kappa shape index (κ3) is 2.38. The number of nitrogens with one attached hydrogen (secondary N) is 1. The lowest BCUT2D eigenvalue weighted by Crippen LogP contribution is -2.45. The molecule has 2 aliphatic rings. The van der Waals surface area contributed by atoms with Gasteiger partial charge in [-0.05, 0) is 12.0 Å². The van der Waals surface area contributed by atoms with E-state index in [0.29, 0.717) is 18.4 Å². The molecule has 0 radical (unpaired) electrons. The fourth-order valence-corrected chi connectivity index (χ4v) is 4.01. The SMILES string of the molecule is O=S(CC1CNC1)CC1COc2ccccc21. The predicted octanol–water partition coefficient (Wildman–Crippen LogP) is 1.13. The van der Waals surface area contributed by atoms with E-state index in [2.05, 4.69) is 11.4 Å². The summed E-state index contributed by atoms with van der Waals surface area (Å²) in [5.74, 6) is 3.49. The van der Waals surface area contributed by atoms with Crippen LogP contribution in [0.15, 0.2) is 24.3 Å². The Balaban J connectivity index is 1.60. The van der Waals surface area contributed by atoms with Gasteiger partial charge in [-0.2, -0.15) is 0 Å². The summed E-state index contributed by atoms with van der Waals surface area (Å²) < 4.78 is 17.7. The highest BCUT2D eigenvalue weighted by Crippen LogP contribution is 2.33. The van der Waals surface area contributed by atoms with E-state index in [1.165, 1.54) is 5.56 Å². The van der Waals surface area contributed by atoms with Crippen molar-refractivity contribution >= 4 is 10.8 Å². The first-order valence-electron chi connectivity index (χ1n) is 6.10. The predicted molar refractivity (Wildman–Crippen MR) is 68.9 cm³/mol. The topological polar surface area (TPSA) is 38.3 Å². The Kier molecular flexibility index (Phi) is 3.16.